The highest BCUT2D eigenvalue weighted by Crippen LogP contribution is 2.27. The maximum atomic E-state index is 13.2. The second-order valence-electron chi connectivity index (χ2n) is 4.14. The van der Waals surface area contributed by atoms with E-state index in [-0.39, 0.29) is 11.9 Å². The van der Waals surface area contributed by atoms with E-state index in [0.717, 1.165) is 16.7 Å². The lowest BCUT2D eigenvalue weighted by Crippen LogP contribution is -2.29. The molecule has 18 heavy (non-hydrogen) atoms. The van der Waals surface area contributed by atoms with Crippen LogP contribution in [0.3, 0.4) is 0 Å². The molecule has 1 unspecified atom stereocenters. The van der Waals surface area contributed by atoms with Gasteiger partial charge in [0.05, 0.1) is 12.3 Å². The van der Waals surface area contributed by atoms with Gasteiger partial charge in [0.1, 0.15) is 5.82 Å². The predicted octanol–water partition coefficient (Wildman–Crippen LogP) is 3.13. The van der Waals surface area contributed by atoms with Gasteiger partial charge < -0.3 is 4.42 Å². The van der Waals surface area contributed by atoms with Gasteiger partial charge in [0, 0.05) is 5.56 Å². The van der Waals surface area contributed by atoms with E-state index in [4.69, 9.17) is 21.9 Å². The number of nitrogens with one attached hydrogen (secondary N) is 1. The fourth-order valence-electron chi connectivity index (χ4n) is 1.89. The van der Waals surface area contributed by atoms with Crippen LogP contribution in [-0.2, 0) is 6.42 Å². The summed E-state index contributed by atoms with van der Waals surface area (Å²) >= 11 is 5.91. The largest absolute Gasteiger partial charge is 0.453 e. The molecule has 0 aliphatic rings. The molecule has 1 atom stereocenters. The number of halogens is 2. The molecule has 0 amide bonds. The van der Waals surface area contributed by atoms with E-state index in [2.05, 4.69) is 5.43 Å². The van der Waals surface area contributed by atoms with Gasteiger partial charge in [-0.3, -0.25) is 11.3 Å². The number of hydrogen-bond donors (Lipinski definition) is 2. The first-order valence-corrected chi connectivity index (χ1v) is 5.93. The first-order valence-electron chi connectivity index (χ1n) is 5.56. The van der Waals surface area contributed by atoms with E-state index in [1.807, 2.05) is 6.92 Å². The Hall–Kier alpha value is -1.36. The first kappa shape index (κ1) is 13.1. The number of furan rings is 1. The van der Waals surface area contributed by atoms with Crippen LogP contribution in [0, 0.1) is 12.7 Å². The summed E-state index contributed by atoms with van der Waals surface area (Å²) in [5.41, 5.74) is 5.33. The Balaban J connectivity index is 2.26. The smallest absolute Gasteiger partial charge is 0.197 e. The molecule has 2 rings (SSSR count). The zero-order valence-corrected chi connectivity index (χ0v) is 10.7. The molecule has 0 aliphatic carbocycles. The molecule has 1 heterocycles. The molecule has 0 saturated carbocycles. The lowest BCUT2D eigenvalue weighted by atomic mass is 9.98. The van der Waals surface area contributed by atoms with E-state index in [1.165, 1.54) is 18.4 Å². The molecule has 3 nitrogen and oxygen atoms in total. The molecule has 0 fully saturated rings. The summed E-state index contributed by atoms with van der Waals surface area (Å²) in [6.45, 7) is 1.93. The number of hydrogen-bond acceptors (Lipinski definition) is 3. The number of nitrogens with two attached hydrogens (primary N) is 1. The van der Waals surface area contributed by atoms with Gasteiger partial charge in [-0.15, -0.1) is 0 Å². The number of aryl methyl sites for hydroxylation is 1. The summed E-state index contributed by atoms with van der Waals surface area (Å²) in [7, 11) is 0. The highest BCUT2D eigenvalue weighted by atomic mass is 35.5. The topological polar surface area (TPSA) is 51.2 Å². The van der Waals surface area contributed by atoms with Crippen molar-refractivity contribution in [1.82, 2.24) is 5.43 Å². The fraction of sp³-hybridized carbons (Fsp3) is 0.231. The molecule has 0 aliphatic heterocycles. The van der Waals surface area contributed by atoms with Crippen molar-refractivity contribution < 1.29 is 8.81 Å². The van der Waals surface area contributed by atoms with Gasteiger partial charge in [0.2, 0.25) is 0 Å². The zero-order valence-electron chi connectivity index (χ0n) is 9.91. The summed E-state index contributed by atoms with van der Waals surface area (Å²) in [5.74, 6) is 5.27. The lowest BCUT2D eigenvalue weighted by Gasteiger charge is -2.16. The van der Waals surface area contributed by atoms with Crippen molar-refractivity contribution in [2.45, 2.75) is 19.4 Å². The number of benzene rings is 1. The summed E-state index contributed by atoms with van der Waals surface area (Å²) in [6, 6.07) is 6.23. The first-order chi connectivity index (χ1) is 8.61. The SMILES string of the molecule is Cc1ccc(F)cc1CC(NN)c1ccoc1Cl. The van der Waals surface area contributed by atoms with E-state index >= 15 is 0 Å². The van der Waals surface area contributed by atoms with E-state index in [9.17, 15) is 4.39 Å². The lowest BCUT2D eigenvalue weighted by molar-refractivity contribution is 0.525. The van der Waals surface area contributed by atoms with Crippen LogP contribution in [0.15, 0.2) is 34.9 Å². The summed E-state index contributed by atoms with van der Waals surface area (Å²) in [6.07, 6.45) is 2.04. The third kappa shape index (κ3) is 2.72. The Morgan fingerprint density at radius 1 is 1.44 bits per heavy atom. The Bertz CT molecular complexity index is 542. The maximum absolute atomic E-state index is 13.2. The highest BCUT2D eigenvalue weighted by molar-refractivity contribution is 6.29. The Kier molecular flexibility index (Phi) is 4.01. The van der Waals surface area contributed by atoms with Crippen LogP contribution < -0.4 is 11.3 Å². The van der Waals surface area contributed by atoms with Crippen LogP contribution in [-0.4, -0.2) is 0 Å². The maximum Gasteiger partial charge on any atom is 0.197 e. The van der Waals surface area contributed by atoms with Crippen molar-refractivity contribution in [2.24, 2.45) is 5.84 Å². The third-order valence-electron chi connectivity index (χ3n) is 2.96. The van der Waals surface area contributed by atoms with Crippen molar-refractivity contribution in [3.63, 3.8) is 0 Å². The summed E-state index contributed by atoms with van der Waals surface area (Å²) in [4.78, 5) is 0. The average molecular weight is 269 g/mol. The van der Waals surface area contributed by atoms with Crippen LogP contribution in [0.1, 0.15) is 22.7 Å². The van der Waals surface area contributed by atoms with Gasteiger partial charge in [-0.2, -0.15) is 0 Å². The van der Waals surface area contributed by atoms with Crippen molar-refractivity contribution in [2.75, 3.05) is 0 Å². The molecule has 1 aromatic heterocycles. The molecule has 1 aromatic carbocycles. The minimum absolute atomic E-state index is 0.211. The Morgan fingerprint density at radius 2 is 2.22 bits per heavy atom. The van der Waals surface area contributed by atoms with Crippen molar-refractivity contribution in [1.29, 1.82) is 0 Å². The summed E-state index contributed by atoms with van der Waals surface area (Å²) in [5, 5.41) is 0.298. The van der Waals surface area contributed by atoms with E-state index in [1.54, 1.807) is 12.1 Å². The summed E-state index contributed by atoms with van der Waals surface area (Å²) < 4.78 is 18.3. The van der Waals surface area contributed by atoms with Crippen molar-refractivity contribution >= 4 is 11.6 Å². The van der Waals surface area contributed by atoms with Gasteiger partial charge in [-0.25, -0.2) is 4.39 Å². The van der Waals surface area contributed by atoms with E-state index < -0.39 is 0 Å². The van der Waals surface area contributed by atoms with Gasteiger partial charge in [0.15, 0.2) is 5.22 Å². The molecule has 5 heteroatoms. The number of rotatable bonds is 4. The molecule has 0 bridgehead atoms. The van der Waals surface area contributed by atoms with Crippen LogP contribution in [0.2, 0.25) is 5.22 Å². The molecule has 0 saturated heterocycles. The Morgan fingerprint density at radius 3 is 2.83 bits per heavy atom. The molecule has 96 valence electrons. The third-order valence-corrected chi connectivity index (χ3v) is 3.27. The minimum Gasteiger partial charge on any atom is -0.453 e. The van der Waals surface area contributed by atoms with Gasteiger partial charge in [0.25, 0.3) is 0 Å². The predicted molar refractivity (Wildman–Crippen MR) is 68.6 cm³/mol. The monoisotopic (exact) mass is 268 g/mol. The molecule has 3 N–H and O–H groups in total. The fourth-order valence-corrected chi connectivity index (χ4v) is 2.14. The van der Waals surface area contributed by atoms with Crippen LogP contribution >= 0.6 is 11.6 Å². The van der Waals surface area contributed by atoms with Crippen LogP contribution in [0.4, 0.5) is 4.39 Å². The molecule has 2 aromatic rings. The van der Waals surface area contributed by atoms with E-state index in [0.29, 0.717) is 11.6 Å². The molecular formula is C13H14ClFN2O. The van der Waals surface area contributed by atoms with Crippen molar-refractivity contribution in [3.05, 3.63) is 58.3 Å². The second kappa shape index (κ2) is 5.52. The molecule has 0 radical (unpaired) electrons. The van der Waals surface area contributed by atoms with Gasteiger partial charge in [-0.05, 0) is 54.3 Å². The van der Waals surface area contributed by atoms with Crippen LogP contribution in [0.5, 0.6) is 0 Å². The minimum atomic E-state index is -0.260. The van der Waals surface area contributed by atoms with Gasteiger partial charge >= 0.3 is 0 Å². The normalized spacial score (nSPS) is 12.7. The second-order valence-corrected chi connectivity index (χ2v) is 4.49. The molecule has 0 spiro atoms. The quantitative estimate of drug-likeness (QED) is 0.662. The zero-order chi connectivity index (χ0) is 13.1. The van der Waals surface area contributed by atoms with Crippen molar-refractivity contribution in [3.8, 4) is 0 Å². The molecular weight excluding hydrogens is 255 g/mol. The average Bonchev–Trinajstić information content (AvgIpc) is 2.77. The van der Waals surface area contributed by atoms with Crippen LogP contribution in [0.25, 0.3) is 0 Å². The number of hydrazine groups is 1. The highest BCUT2D eigenvalue weighted by Gasteiger charge is 2.17. The standard InChI is InChI=1S/C13H14ClFN2O/c1-8-2-3-10(15)6-9(8)7-12(17-16)11-4-5-18-13(11)14/h2-6,12,17H,7,16H2,1H3. The van der Waals surface area contributed by atoms with Gasteiger partial charge in [-0.1, -0.05) is 6.07 Å². The Labute approximate surface area is 110 Å².